The van der Waals surface area contributed by atoms with E-state index < -0.39 is 28.9 Å². The topological polar surface area (TPSA) is 100 Å². The molecule has 3 rings (SSSR count). The molecule has 0 bridgehead atoms. The number of aromatic nitrogens is 1. The molecule has 0 spiro atoms. The van der Waals surface area contributed by atoms with E-state index in [4.69, 9.17) is 5.73 Å². The van der Waals surface area contributed by atoms with Crippen molar-refractivity contribution in [3.05, 3.63) is 58.0 Å². The smallest absolute Gasteiger partial charge is 0.381 e. The second kappa shape index (κ2) is 8.05. The van der Waals surface area contributed by atoms with Gasteiger partial charge in [-0.05, 0) is 43.9 Å². The number of H-pyrrole nitrogens is 1. The van der Waals surface area contributed by atoms with E-state index in [1.165, 1.54) is 24.4 Å². The van der Waals surface area contributed by atoms with E-state index in [-0.39, 0.29) is 23.3 Å². The van der Waals surface area contributed by atoms with E-state index in [0.717, 1.165) is 37.8 Å². The SMILES string of the molecule is NC1CCC(Nc2cc[nH]c(=O)c2C(=O)Nc2ccccc2C(F)(F)F)CC1. The maximum Gasteiger partial charge on any atom is 0.418 e. The molecule has 5 N–H and O–H groups in total. The number of halogens is 3. The molecule has 1 amide bonds. The van der Waals surface area contributed by atoms with Gasteiger partial charge < -0.3 is 21.4 Å². The zero-order valence-electron chi connectivity index (χ0n) is 15.0. The third kappa shape index (κ3) is 4.53. The highest BCUT2D eigenvalue weighted by atomic mass is 19.4. The second-order valence-electron chi connectivity index (χ2n) is 6.85. The van der Waals surface area contributed by atoms with Crippen molar-refractivity contribution in [1.82, 2.24) is 4.98 Å². The average molecular weight is 394 g/mol. The van der Waals surface area contributed by atoms with Crippen LogP contribution in [0, 0.1) is 0 Å². The van der Waals surface area contributed by atoms with Gasteiger partial charge in [0.05, 0.1) is 16.9 Å². The van der Waals surface area contributed by atoms with Gasteiger partial charge in [-0.3, -0.25) is 9.59 Å². The fraction of sp³-hybridized carbons (Fsp3) is 0.368. The molecule has 0 atom stereocenters. The normalized spacial score (nSPS) is 19.9. The number of carbonyl (C=O) groups excluding carboxylic acids is 1. The highest BCUT2D eigenvalue weighted by Gasteiger charge is 2.34. The van der Waals surface area contributed by atoms with E-state index in [1.807, 2.05) is 0 Å². The molecule has 1 aliphatic carbocycles. The van der Waals surface area contributed by atoms with Gasteiger partial charge in [0.2, 0.25) is 0 Å². The van der Waals surface area contributed by atoms with Crippen molar-refractivity contribution in [3.63, 3.8) is 0 Å². The fourth-order valence-electron chi connectivity index (χ4n) is 3.33. The number of nitrogens with one attached hydrogen (secondary N) is 3. The Kier molecular flexibility index (Phi) is 5.73. The van der Waals surface area contributed by atoms with Gasteiger partial charge in [0, 0.05) is 18.3 Å². The average Bonchev–Trinajstić information content (AvgIpc) is 2.63. The van der Waals surface area contributed by atoms with Gasteiger partial charge in [-0.1, -0.05) is 12.1 Å². The van der Waals surface area contributed by atoms with Gasteiger partial charge in [-0.2, -0.15) is 13.2 Å². The summed E-state index contributed by atoms with van der Waals surface area (Å²) in [5, 5.41) is 5.38. The third-order valence-corrected chi connectivity index (χ3v) is 4.80. The van der Waals surface area contributed by atoms with Crippen LogP contribution in [0.15, 0.2) is 41.3 Å². The minimum absolute atomic E-state index is 0.0376. The number of nitrogens with two attached hydrogens (primary N) is 1. The Morgan fingerprint density at radius 3 is 2.43 bits per heavy atom. The first-order valence-corrected chi connectivity index (χ1v) is 8.97. The van der Waals surface area contributed by atoms with Crippen LogP contribution in [0.25, 0.3) is 0 Å². The molecule has 0 aliphatic heterocycles. The molecule has 1 saturated carbocycles. The highest BCUT2D eigenvalue weighted by molar-refractivity contribution is 6.08. The number of rotatable bonds is 4. The summed E-state index contributed by atoms with van der Waals surface area (Å²) >= 11 is 0. The number of anilines is 2. The van der Waals surface area contributed by atoms with Crippen molar-refractivity contribution in [1.29, 1.82) is 0 Å². The van der Waals surface area contributed by atoms with Crippen molar-refractivity contribution in [2.75, 3.05) is 10.6 Å². The van der Waals surface area contributed by atoms with E-state index in [0.29, 0.717) is 0 Å². The van der Waals surface area contributed by atoms with Crippen molar-refractivity contribution >= 4 is 17.3 Å². The summed E-state index contributed by atoms with van der Waals surface area (Å²) in [6.07, 6.45) is -0.0326. The van der Waals surface area contributed by atoms with Crippen LogP contribution >= 0.6 is 0 Å². The Morgan fingerprint density at radius 1 is 1.07 bits per heavy atom. The first-order chi connectivity index (χ1) is 13.3. The summed E-state index contributed by atoms with van der Waals surface area (Å²) in [4.78, 5) is 27.3. The van der Waals surface area contributed by atoms with Crippen LogP contribution in [0.4, 0.5) is 24.5 Å². The van der Waals surface area contributed by atoms with Crippen LogP contribution in [0.3, 0.4) is 0 Å². The summed E-state index contributed by atoms with van der Waals surface area (Å²) in [7, 11) is 0. The van der Waals surface area contributed by atoms with Crippen molar-refractivity contribution in [3.8, 4) is 0 Å². The zero-order chi connectivity index (χ0) is 20.3. The Labute approximate surface area is 159 Å². The number of benzene rings is 1. The molecular formula is C19H21F3N4O2. The lowest BCUT2D eigenvalue weighted by atomic mass is 9.91. The molecule has 1 heterocycles. The van der Waals surface area contributed by atoms with E-state index >= 15 is 0 Å². The molecule has 6 nitrogen and oxygen atoms in total. The number of pyridine rings is 1. The Hall–Kier alpha value is -2.81. The monoisotopic (exact) mass is 394 g/mol. The molecule has 9 heteroatoms. The number of amides is 1. The van der Waals surface area contributed by atoms with E-state index in [2.05, 4.69) is 15.6 Å². The van der Waals surface area contributed by atoms with Gasteiger partial charge in [-0.15, -0.1) is 0 Å². The Morgan fingerprint density at radius 2 is 1.75 bits per heavy atom. The molecule has 1 aromatic carbocycles. The summed E-state index contributed by atoms with van der Waals surface area (Å²) in [6, 6.07) is 6.33. The largest absolute Gasteiger partial charge is 0.418 e. The Bertz CT molecular complexity index is 903. The maximum absolute atomic E-state index is 13.2. The van der Waals surface area contributed by atoms with Crippen LogP contribution in [0.1, 0.15) is 41.6 Å². The lowest BCUT2D eigenvalue weighted by Crippen LogP contribution is -2.34. The summed E-state index contributed by atoms with van der Waals surface area (Å²) in [5.74, 6) is -0.909. The van der Waals surface area contributed by atoms with Crippen molar-refractivity contribution in [2.24, 2.45) is 5.73 Å². The van der Waals surface area contributed by atoms with E-state index in [9.17, 15) is 22.8 Å². The summed E-state index contributed by atoms with van der Waals surface area (Å²) in [5.41, 5.74) is 3.85. The maximum atomic E-state index is 13.2. The predicted octanol–water partition coefficient (Wildman–Crippen LogP) is 3.33. The molecular weight excluding hydrogens is 373 g/mol. The first kappa shape index (κ1) is 19.9. The van der Waals surface area contributed by atoms with Gasteiger partial charge in [0.15, 0.2) is 0 Å². The number of hydrogen-bond donors (Lipinski definition) is 4. The lowest BCUT2D eigenvalue weighted by Gasteiger charge is -2.28. The number of para-hydroxylation sites is 1. The standard InChI is InChI=1S/C19H21F3N4O2/c20-19(21,22)13-3-1-2-4-14(13)26-18(28)16-15(9-10-24-17(16)27)25-12-7-5-11(23)6-8-12/h1-4,9-12H,5-8,23H2,(H,26,28)(H2,24,25,27). The predicted molar refractivity (Wildman–Crippen MR) is 100 cm³/mol. The van der Waals surface area contributed by atoms with E-state index in [1.54, 1.807) is 0 Å². The van der Waals surface area contributed by atoms with Gasteiger partial charge in [-0.25, -0.2) is 0 Å². The third-order valence-electron chi connectivity index (χ3n) is 4.80. The molecule has 1 aromatic heterocycles. The van der Waals surface area contributed by atoms with Crippen LogP contribution in [-0.2, 0) is 6.18 Å². The van der Waals surface area contributed by atoms with Gasteiger partial charge in [0.25, 0.3) is 11.5 Å². The minimum atomic E-state index is -4.63. The Balaban J connectivity index is 1.86. The van der Waals surface area contributed by atoms with Crippen LogP contribution in [0.2, 0.25) is 0 Å². The number of hydrogen-bond acceptors (Lipinski definition) is 4. The fourth-order valence-corrected chi connectivity index (χ4v) is 3.33. The quantitative estimate of drug-likeness (QED) is 0.639. The molecule has 150 valence electrons. The molecule has 0 unspecified atom stereocenters. The molecule has 0 radical (unpaired) electrons. The molecule has 0 saturated heterocycles. The molecule has 28 heavy (non-hydrogen) atoms. The molecule has 1 aliphatic rings. The molecule has 1 fully saturated rings. The van der Waals surface area contributed by atoms with Gasteiger partial charge in [0.1, 0.15) is 5.56 Å². The van der Waals surface area contributed by atoms with Crippen molar-refractivity contribution < 1.29 is 18.0 Å². The highest BCUT2D eigenvalue weighted by Crippen LogP contribution is 2.34. The number of aromatic amines is 1. The summed E-state index contributed by atoms with van der Waals surface area (Å²) < 4.78 is 39.5. The van der Waals surface area contributed by atoms with Crippen LogP contribution in [-0.4, -0.2) is 23.0 Å². The molecule has 2 aromatic rings. The summed E-state index contributed by atoms with van der Waals surface area (Å²) in [6.45, 7) is 0. The first-order valence-electron chi connectivity index (χ1n) is 8.97. The van der Waals surface area contributed by atoms with Gasteiger partial charge >= 0.3 is 6.18 Å². The number of carbonyl (C=O) groups is 1. The zero-order valence-corrected chi connectivity index (χ0v) is 15.0. The number of alkyl halides is 3. The lowest BCUT2D eigenvalue weighted by molar-refractivity contribution is -0.136. The van der Waals surface area contributed by atoms with Crippen molar-refractivity contribution in [2.45, 2.75) is 43.9 Å². The van der Waals surface area contributed by atoms with Crippen LogP contribution < -0.4 is 21.9 Å². The van der Waals surface area contributed by atoms with Crippen LogP contribution in [0.5, 0.6) is 0 Å². The minimum Gasteiger partial charge on any atom is -0.381 e. The second-order valence-corrected chi connectivity index (χ2v) is 6.85.